The minimum Gasteiger partial charge on any atom is -0.485 e. The SMILES string of the molecule is CCN(CCC(=O)O)C(=O)COc1ccccc1OCc1ccccc1. The summed E-state index contributed by atoms with van der Waals surface area (Å²) in [6.07, 6.45) is -0.0870. The smallest absolute Gasteiger partial charge is 0.305 e. The predicted octanol–water partition coefficient (Wildman–Crippen LogP) is 2.97. The van der Waals surface area contributed by atoms with Gasteiger partial charge in [0.1, 0.15) is 6.61 Å². The molecule has 0 atom stereocenters. The first-order valence-electron chi connectivity index (χ1n) is 8.48. The number of benzene rings is 2. The van der Waals surface area contributed by atoms with E-state index in [-0.39, 0.29) is 25.5 Å². The Hall–Kier alpha value is -3.02. The van der Waals surface area contributed by atoms with Crippen molar-refractivity contribution in [2.75, 3.05) is 19.7 Å². The van der Waals surface area contributed by atoms with Crippen molar-refractivity contribution in [3.05, 3.63) is 60.2 Å². The Morgan fingerprint density at radius 3 is 2.19 bits per heavy atom. The molecule has 6 nitrogen and oxygen atoms in total. The highest BCUT2D eigenvalue weighted by atomic mass is 16.5. The Labute approximate surface area is 153 Å². The van der Waals surface area contributed by atoms with Crippen molar-refractivity contribution < 1.29 is 24.2 Å². The third kappa shape index (κ3) is 6.12. The number of hydrogen-bond acceptors (Lipinski definition) is 4. The van der Waals surface area contributed by atoms with Crippen molar-refractivity contribution in [3.63, 3.8) is 0 Å². The molecule has 0 aliphatic carbocycles. The maximum Gasteiger partial charge on any atom is 0.305 e. The molecule has 0 aliphatic heterocycles. The maximum absolute atomic E-state index is 12.2. The van der Waals surface area contributed by atoms with Crippen molar-refractivity contribution in [3.8, 4) is 11.5 Å². The van der Waals surface area contributed by atoms with E-state index >= 15 is 0 Å². The minimum absolute atomic E-state index is 0.0870. The summed E-state index contributed by atoms with van der Waals surface area (Å²) in [7, 11) is 0. The Morgan fingerprint density at radius 2 is 1.58 bits per heavy atom. The predicted molar refractivity (Wildman–Crippen MR) is 97.2 cm³/mol. The van der Waals surface area contributed by atoms with Crippen LogP contribution in [0.25, 0.3) is 0 Å². The lowest BCUT2D eigenvalue weighted by molar-refractivity contribution is -0.139. The lowest BCUT2D eigenvalue weighted by Gasteiger charge is -2.20. The number of nitrogens with zero attached hydrogens (tertiary/aromatic N) is 1. The third-order valence-corrected chi connectivity index (χ3v) is 3.77. The van der Waals surface area contributed by atoms with Crippen LogP contribution in [0.2, 0.25) is 0 Å². The standard InChI is InChI=1S/C20H23NO5/c1-2-21(13-12-20(23)24)19(22)15-26-18-11-7-6-10-17(18)25-14-16-8-4-3-5-9-16/h3-11H,2,12-15H2,1H3,(H,23,24). The van der Waals surface area contributed by atoms with Gasteiger partial charge < -0.3 is 19.5 Å². The minimum atomic E-state index is -0.933. The monoisotopic (exact) mass is 357 g/mol. The van der Waals surface area contributed by atoms with Gasteiger partial charge in [-0.25, -0.2) is 0 Å². The molecule has 0 aliphatic rings. The zero-order valence-corrected chi connectivity index (χ0v) is 14.8. The summed E-state index contributed by atoms with van der Waals surface area (Å²) >= 11 is 0. The summed E-state index contributed by atoms with van der Waals surface area (Å²) in [6, 6.07) is 16.9. The second-order valence-corrected chi connectivity index (χ2v) is 5.63. The number of carboxylic acid groups (broad SMARTS) is 1. The van der Waals surface area contributed by atoms with Gasteiger partial charge in [-0.05, 0) is 24.6 Å². The Morgan fingerprint density at radius 1 is 0.962 bits per heavy atom. The van der Waals surface area contributed by atoms with E-state index in [1.165, 1.54) is 4.90 Å². The molecule has 0 heterocycles. The number of hydrogen-bond donors (Lipinski definition) is 1. The van der Waals surface area contributed by atoms with Crippen LogP contribution in [0.1, 0.15) is 18.9 Å². The second-order valence-electron chi connectivity index (χ2n) is 5.63. The first-order chi connectivity index (χ1) is 12.6. The van der Waals surface area contributed by atoms with Gasteiger partial charge in [-0.1, -0.05) is 42.5 Å². The second kappa shape index (κ2) is 10.1. The van der Waals surface area contributed by atoms with Gasteiger partial charge in [0.15, 0.2) is 18.1 Å². The van der Waals surface area contributed by atoms with E-state index in [1.54, 1.807) is 25.1 Å². The lowest BCUT2D eigenvalue weighted by Crippen LogP contribution is -2.36. The van der Waals surface area contributed by atoms with Gasteiger partial charge in [-0.3, -0.25) is 9.59 Å². The van der Waals surface area contributed by atoms with E-state index in [4.69, 9.17) is 14.6 Å². The molecule has 1 N–H and O–H groups in total. The van der Waals surface area contributed by atoms with Gasteiger partial charge in [-0.2, -0.15) is 0 Å². The average Bonchev–Trinajstić information content (AvgIpc) is 2.66. The quantitative estimate of drug-likeness (QED) is 0.707. The molecule has 0 spiro atoms. The average molecular weight is 357 g/mol. The molecule has 0 saturated carbocycles. The number of carbonyl (C=O) groups excluding carboxylic acids is 1. The van der Waals surface area contributed by atoms with E-state index in [1.807, 2.05) is 36.4 Å². The fourth-order valence-corrected chi connectivity index (χ4v) is 2.34. The largest absolute Gasteiger partial charge is 0.485 e. The van der Waals surface area contributed by atoms with E-state index in [0.29, 0.717) is 24.7 Å². The van der Waals surface area contributed by atoms with E-state index in [2.05, 4.69) is 0 Å². The van der Waals surface area contributed by atoms with Crippen molar-refractivity contribution in [2.24, 2.45) is 0 Å². The molecular weight excluding hydrogens is 334 g/mol. The lowest BCUT2D eigenvalue weighted by atomic mass is 10.2. The van der Waals surface area contributed by atoms with Crippen LogP contribution in [-0.4, -0.2) is 41.6 Å². The molecule has 6 heteroatoms. The normalized spacial score (nSPS) is 10.2. The Bertz CT molecular complexity index is 717. The maximum atomic E-state index is 12.2. The molecule has 0 aromatic heterocycles. The highest BCUT2D eigenvalue weighted by Gasteiger charge is 2.15. The molecule has 2 rings (SSSR count). The van der Waals surface area contributed by atoms with Gasteiger partial charge in [0.25, 0.3) is 5.91 Å². The van der Waals surface area contributed by atoms with Gasteiger partial charge in [0, 0.05) is 13.1 Å². The first-order valence-corrected chi connectivity index (χ1v) is 8.48. The van der Waals surface area contributed by atoms with Crippen LogP contribution in [0.5, 0.6) is 11.5 Å². The molecule has 2 aromatic rings. The van der Waals surface area contributed by atoms with Crippen LogP contribution in [0, 0.1) is 0 Å². The van der Waals surface area contributed by atoms with Crippen molar-refractivity contribution in [1.29, 1.82) is 0 Å². The molecule has 0 saturated heterocycles. The van der Waals surface area contributed by atoms with Gasteiger partial charge in [0.2, 0.25) is 0 Å². The molecule has 0 bridgehead atoms. The summed E-state index contributed by atoms with van der Waals surface area (Å²) < 4.78 is 11.4. The summed E-state index contributed by atoms with van der Waals surface area (Å²) in [6.45, 7) is 2.63. The Kier molecular flexibility index (Phi) is 7.49. The van der Waals surface area contributed by atoms with Crippen LogP contribution < -0.4 is 9.47 Å². The summed E-state index contributed by atoms with van der Waals surface area (Å²) in [5, 5.41) is 8.75. The molecule has 2 aromatic carbocycles. The number of carboxylic acids is 1. The zero-order chi connectivity index (χ0) is 18.8. The molecule has 0 radical (unpaired) electrons. The van der Waals surface area contributed by atoms with Gasteiger partial charge >= 0.3 is 5.97 Å². The highest BCUT2D eigenvalue weighted by Crippen LogP contribution is 2.27. The number of carbonyl (C=O) groups is 2. The van der Waals surface area contributed by atoms with Crippen LogP contribution in [0.4, 0.5) is 0 Å². The number of amides is 1. The Balaban J connectivity index is 1.92. The molecule has 0 fully saturated rings. The fraction of sp³-hybridized carbons (Fsp3) is 0.300. The number of rotatable bonds is 10. The molecule has 0 unspecified atom stereocenters. The van der Waals surface area contributed by atoms with Crippen LogP contribution in [0.15, 0.2) is 54.6 Å². The van der Waals surface area contributed by atoms with Crippen LogP contribution in [0.3, 0.4) is 0 Å². The number of likely N-dealkylation sites (N-methyl/N-ethyl adjacent to an activating group) is 1. The van der Waals surface area contributed by atoms with E-state index in [0.717, 1.165) is 5.56 Å². The number of para-hydroxylation sites is 2. The van der Waals surface area contributed by atoms with Crippen LogP contribution in [-0.2, 0) is 16.2 Å². The topological polar surface area (TPSA) is 76.1 Å². The van der Waals surface area contributed by atoms with Crippen LogP contribution >= 0.6 is 0 Å². The summed E-state index contributed by atoms with van der Waals surface area (Å²) in [5.74, 6) is -0.160. The molecule has 1 amide bonds. The third-order valence-electron chi connectivity index (χ3n) is 3.77. The molecule has 26 heavy (non-hydrogen) atoms. The van der Waals surface area contributed by atoms with Gasteiger partial charge in [-0.15, -0.1) is 0 Å². The summed E-state index contributed by atoms with van der Waals surface area (Å²) in [4.78, 5) is 24.3. The summed E-state index contributed by atoms with van der Waals surface area (Å²) in [5.41, 5.74) is 1.03. The van der Waals surface area contributed by atoms with Crippen molar-refractivity contribution >= 4 is 11.9 Å². The molecule has 138 valence electrons. The first kappa shape index (κ1) is 19.3. The zero-order valence-electron chi connectivity index (χ0n) is 14.8. The number of ether oxygens (including phenoxy) is 2. The molecular formula is C20H23NO5. The van der Waals surface area contributed by atoms with Gasteiger partial charge in [0.05, 0.1) is 6.42 Å². The highest BCUT2D eigenvalue weighted by molar-refractivity contribution is 5.78. The number of aliphatic carboxylic acids is 1. The van der Waals surface area contributed by atoms with Crippen molar-refractivity contribution in [2.45, 2.75) is 20.0 Å². The van der Waals surface area contributed by atoms with Crippen molar-refractivity contribution in [1.82, 2.24) is 4.90 Å². The van der Waals surface area contributed by atoms with E-state index in [9.17, 15) is 9.59 Å². The van der Waals surface area contributed by atoms with E-state index < -0.39 is 5.97 Å². The fourth-order valence-electron chi connectivity index (χ4n) is 2.34.